The number of carbonyl (C=O) groups excluding carboxylic acids is 1. The predicted octanol–water partition coefficient (Wildman–Crippen LogP) is 5.46. The number of hydrogen-bond acceptors (Lipinski definition) is 5. The van der Waals surface area contributed by atoms with Crippen LogP contribution in [0.2, 0.25) is 10.0 Å². The van der Waals surface area contributed by atoms with E-state index < -0.39 is 34.4 Å². The van der Waals surface area contributed by atoms with Crippen molar-refractivity contribution >= 4 is 45.9 Å². The topological polar surface area (TPSA) is 87.3 Å². The fraction of sp³-hybridized carbons (Fsp3) is 0.348. The van der Waals surface area contributed by atoms with Crippen molar-refractivity contribution in [2.24, 2.45) is 0 Å². The van der Waals surface area contributed by atoms with E-state index >= 15 is 4.39 Å². The Kier molecular flexibility index (Phi) is 6.20. The minimum Gasteiger partial charge on any atom is -0.444 e. The number of benzene rings is 2. The van der Waals surface area contributed by atoms with Crippen LogP contribution < -0.4 is 10.9 Å². The Morgan fingerprint density at radius 3 is 2.68 bits per heavy atom. The number of hydrogen-bond donors (Lipinski definition) is 2. The fourth-order valence-corrected chi connectivity index (χ4v) is 4.60. The van der Waals surface area contributed by atoms with E-state index in [4.69, 9.17) is 27.9 Å². The number of halogens is 4. The van der Waals surface area contributed by atoms with Crippen LogP contribution in [0.4, 0.5) is 19.3 Å². The van der Waals surface area contributed by atoms with Crippen molar-refractivity contribution in [1.82, 2.24) is 14.9 Å². The van der Waals surface area contributed by atoms with Crippen LogP contribution in [0.25, 0.3) is 10.9 Å². The maximum Gasteiger partial charge on any atom is 0.410 e. The molecule has 1 aromatic heterocycles. The molecule has 2 N–H and O–H groups in total. The van der Waals surface area contributed by atoms with Crippen LogP contribution in [0.5, 0.6) is 0 Å². The first kappa shape index (κ1) is 24.2. The maximum absolute atomic E-state index is 15.2. The van der Waals surface area contributed by atoms with Crippen molar-refractivity contribution in [3.05, 3.63) is 68.2 Å². The zero-order valence-corrected chi connectivity index (χ0v) is 20.2. The lowest BCUT2D eigenvalue weighted by Crippen LogP contribution is -2.42. The van der Waals surface area contributed by atoms with Gasteiger partial charge in [-0.3, -0.25) is 4.79 Å². The standard InChI is InChI=1S/C23H22Cl2F2N4O3/c1-22(2,3)34-21(33)31-7-6-23(10-31,17-15(26)5-4-14(24)18(17)25)30-12-8-13-19(16(27)9-12)28-11-29-20(13)32/h4-5,8-9,11,30H,6-7,10H2,1-3H3,(H,28,29,32). The van der Waals surface area contributed by atoms with Crippen LogP contribution in [-0.4, -0.2) is 39.7 Å². The molecule has 0 bridgehead atoms. The smallest absolute Gasteiger partial charge is 0.410 e. The van der Waals surface area contributed by atoms with Crippen LogP contribution in [0.1, 0.15) is 32.8 Å². The molecule has 34 heavy (non-hydrogen) atoms. The van der Waals surface area contributed by atoms with E-state index in [0.29, 0.717) is 0 Å². The first-order valence-corrected chi connectivity index (χ1v) is 11.2. The molecule has 1 unspecified atom stereocenters. The number of H-pyrrole nitrogens is 1. The van der Waals surface area contributed by atoms with Gasteiger partial charge >= 0.3 is 6.09 Å². The van der Waals surface area contributed by atoms with E-state index in [0.717, 1.165) is 12.4 Å². The molecule has 0 saturated carbocycles. The van der Waals surface area contributed by atoms with E-state index in [9.17, 15) is 14.0 Å². The first-order valence-electron chi connectivity index (χ1n) is 10.5. The number of aromatic amines is 1. The predicted molar refractivity (Wildman–Crippen MR) is 126 cm³/mol. The molecule has 11 heteroatoms. The summed E-state index contributed by atoms with van der Waals surface area (Å²) in [5.74, 6) is -1.38. The van der Waals surface area contributed by atoms with Gasteiger partial charge in [-0.15, -0.1) is 0 Å². The van der Waals surface area contributed by atoms with Gasteiger partial charge in [-0.2, -0.15) is 0 Å². The van der Waals surface area contributed by atoms with Gasteiger partial charge in [0.2, 0.25) is 0 Å². The van der Waals surface area contributed by atoms with E-state index in [1.807, 2.05) is 0 Å². The average Bonchev–Trinajstić information content (AvgIpc) is 3.15. The minimum absolute atomic E-state index is 0.0137. The number of carbonyl (C=O) groups is 1. The Bertz CT molecular complexity index is 1340. The molecule has 1 fully saturated rings. The number of nitrogens with one attached hydrogen (secondary N) is 2. The Morgan fingerprint density at radius 1 is 1.24 bits per heavy atom. The van der Waals surface area contributed by atoms with Gasteiger partial charge in [0.05, 0.1) is 33.8 Å². The second kappa shape index (κ2) is 8.70. The summed E-state index contributed by atoms with van der Waals surface area (Å²) in [4.78, 5) is 32.7. The summed E-state index contributed by atoms with van der Waals surface area (Å²) >= 11 is 12.6. The van der Waals surface area contributed by atoms with Gasteiger partial charge in [-0.25, -0.2) is 18.6 Å². The zero-order chi connectivity index (χ0) is 24.8. The van der Waals surface area contributed by atoms with Crippen LogP contribution in [0.15, 0.2) is 35.4 Å². The maximum atomic E-state index is 15.2. The van der Waals surface area contributed by atoms with Gasteiger partial charge in [0, 0.05) is 17.8 Å². The molecule has 3 aromatic rings. The summed E-state index contributed by atoms with van der Waals surface area (Å²) in [7, 11) is 0. The molecule has 1 amide bonds. The summed E-state index contributed by atoms with van der Waals surface area (Å²) in [6.07, 6.45) is 0.742. The number of likely N-dealkylation sites (tertiary alicyclic amines) is 1. The summed E-state index contributed by atoms with van der Waals surface area (Å²) in [5.41, 5.74) is -2.42. The molecule has 0 radical (unpaired) electrons. The number of aromatic nitrogens is 2. The number of anilines is 1. The molecule has 1 atom stereocenters. The molecule has 7 nitrogen and oxygen atoms in total. The summed E-state index contributed by atoms with van der Waals surface area (Å²) < 4.78 is 35.4. The van der Waals surface area contributed by atoms with E-state index in [2.05, 4.69) is 15.3 Å². The molecular formula is C23H22Cl2F2N4O3. The quantitative estimate of drug-likeness (QED) is 0.457. The van der Waals surface area contributed by atoms with E-state index in [-0.39, 0.29) is 51.7 Å². The molecule has 1 aliphatic rings. The molecule has 0 spiro atoms. The molecule has 1 saturated heterocycles. The number of nitrogens with zero attached hydrogens (tertiary/aromatic N) is 2. The number of amides is 1. The van der Waals surface area contributed by atoms with Crippen LogP contribution in [0.3, 0.4) is 0 Å². The van der Waals surface area contributed by atoms with Gasteiger partial charge in [-0.1, -0.05) is 23.2 Å². The van der Waals surface area contributed by atoms with Gasteiger partial charge in [0.15, 0.2) is 5.82 Å². The lowest BCUT2D eigenvalue weighted by molar-refractivity contribution is 0.0286. The average molecular weight is 511 g/mol. The van der Waals surface area contributed by atoms with Crippen molar-refractivity contribution in [2.45, 2.75) is 38.3 Å². The Hall–Kier alpha value is -2.91. The lowest BCUT2D eigenvalue weighted by atomic mass is 9.87. The molecule has 2 heterocycles. The van der Waals surface area contributed by atoms with Gasteiger partial charge in [0.25, 0.3) is 5.56 Å². The summed E-state index contributed by atoms with van der Waals surface area (Å²) in [6, 6.07) is 5.08. The fourth-order valence-electron chi connectivity index (χ4n) is 4.11. The highest BCUT2D eigenvalue weighted by molar-refractivity contribution is 6.42. The molecule has 4 rings (SSSR count). The highest BCUT2D eigenvalue weighted by Gasteiger charge is 2.46. The summed E-state index contributed by atoms with van der Waals surface area (Å²) in [5, 5.41) is 3.25. The number of rotatable bonds is 3. The van der Waals surface area contributed by atoms with Gasteiger partial charge in [-0.05, 0) is 51.5 Å². The Labute approximate surface area is 204 Å². The highest BCUT2D eigenvalue weighted by Crippen LogP contribution is 2.43. The molecular weight excluding hydrogens is 489 g/mol. The minimum atomic E-state index is -1.28. The highest BCUT2D eigenvalue weighted by atomic mass is 35.5. The third kappa shape index (κ3) is 4.54. The van der Waals surface area contributed by atoms with E-state index in [1.54, 1.807) is 20.8 Å². The van der Waals surface area contributed by atoms with Gasteiger partial charge in [0.1, 0.15) is 16.9 Å². The van der Waals surface area contributed by atoms with Crippen molar-refractivity contribution in [3.63, 3.8) is 0 Å². The zero-order valence-electron chi connectivity index (χ0n) is 18.6. The van der Waals surface area contributed by atoms with Crippen LogP contribution >= 0.6 is 23.2 Å². The lowest BCUT2D eigenvalue weighted by Gasteiger charge is -2.34. The van der Waals surface area contributed by atoms with Crippen molar-refractivity contribution in [3.8, 4) is 0 Å². The van der Waals surface area contributed by atoms with Crippen molar-refractivity contribution in [1.29, 1.82) is 0 Å². The largest absolute Gasteiger partial charge is 0.444 e. The molecule has 2 aromatic carbocycles. The third-order valence-electron chi connectivity index (χ3n) is 5.52. The second-order valence-electron chi connectivity index (χ2n) is 9.16. The first-order chi connectivity index (χ1) is 15.9. The molecule has 180 valence electrons. The van der Waals surface area contributed by atoms with Crippen LogP contribution in [-0.2, 0) is 10.3 Å². The molecule has 0 aliphatic carbocycles. The third-order valence-corrected chi connectivity index (χ3v) is 6.33. The summed E-state index contributed by atoms with van der Waals surface area (Å²) in [6.45, 7) is 5.39. The molecule has 1 aliphatic heterocycles. The van der Waals surface area contributed by atoms with Gasteiger partial charge < -0.3 is 19.9 Å². The number of ether oxygens (including phenoxy) is 1. The van der Waals surface area contributed by atoms with Crippen molar-refractivity contribution < 1.29 is 18.3 Å². The second-order valence-corrected chi connectivity index (χ2v) is 9.95. The Balaban J connectivity index is 1.82. The van der Waals surface area contributed by atoms with E-state index in [1.165, 1.54) is 23.1 Å². The monoisotopic (exact) mass is 510 g/mol. The van der Waals surface area contributed by atoms with Crippen molar-refractivity contribution in [2.75, 3.05) is 18.4 Å². The SMILES string of the molecule is CC(C)(C)OC(=O)N1CCC(Nc2cc(F)c3nc[nH]c(=O)c3c2)(c2c(F)ccc(Cl)c2Cl)C1. The number of fused-ring (bicyclic) bond motifs is 1. The Morgan fingerprint density at radius 2 is 1.97 bits per heavy atom. The van der Waals surface area contributed by atoms with Crippen LogP contribution in [0, 0.1) is 11.6 Å². The normalized spacial score (nSPS) is 18.4.